The molecule has 1 amide bonds. The van der Waals surface area contributed by atoms with Gasteiger partial charge in [-0.15, -0.1) is 0 Å². The van der Waals surface area contributed by atoms with Crippen molar-refractivity contribution in [2.45, 2.75) is 51.7 Å². The number of fused-ring (bicyclic) bond motifs is 1. The van der Waals surface area contributed by atoms with Crippen molar-refractivity contribution in [2.75, 3.05) is 20.3 Å². The number of ether oxygens (including phenoxy) is 2. The Labute approximate surface area is 166 Å². The molecule has 2 bridgehead atoms. The van der Waals surface area contributed by atoms with Gasteiger partial charge in [-0.1, -0.05) is 26.0 Å². The van der Waals surface area contributed by atoms with Crippen molar-refractivity contribution in [3.63, 3.8) is 0 Å². The first kappa shape index (κ1) is 19.5. The number of carbonyl (C=O) groups excluding carboxylic acids is 1. The van der Waals surface area contributed by atoms with E-state index < -0.39 is 0 Å². The molecule has 5 atom stereocenters. The fraction of sp³-hybridized carbons (Fsp3) is 0.682. The highest BCUT2D eigenvalue weighted by Gasteiger charge is 2.68. The molecule has 3 aliphatic rings. The summed E-state index contributed by atoms with van der Waals surface area (Å²) in [6, 6.07) is 5.59. The predicted molar refractivity (Wildman–Crippen MR) is 104 cm³/mol. The number of benzene rings is 1. The average molecular weight is 389 g/mol. The second kappa shape index (κ2) is 6.92. The third-order valence-electron chi connectivity index (χ3n) is 7.71. The molecule has 3 N–H and O–H groups in total. The van der Waals surface area contributed by atoms with E-state index in [1.54, 1.807) is 13.2 Å². The van der Waals surface area contributed by atoms with Gasteiger partial charge in [-0.3, -0.25) is 4.79 Å². The molecular weight excluding hydrogens is 358 g/mol. The van der Waals surface area contributed by atoms with Gasteiger partial charge in [0, 0.05) is 24.6 Å². The normalized spacial score (nSPS) is 35.4. The molecule has 6 nitrogen and oxygen atoms in total. The highest BCUT2D eigenvalue weighted by molar-refractivity contribution is 5.76. The van der Waals surface area contributed by atoms with Crippen LogP contribution in [0.3, 0.4) is 0 Å². The minimum atomic E-state index is -0.206. The monoisotopic (exact) mass is 389 g/mol. The number of methoxy groups -OCH3 is 1. The van der Waals surface area contributed by atoms with Gasteiger partial charge in [0.1, 0.15) is 0 Å². The Bertz CT molecular complexity index is 763. The molecule has 28 heavy (non-hydrogen) atoms. The maximum absolute atomic E-state index is 12.4. The van der Waals surface area contributed by atoms with Crippen LogP contribution in [0.2, 0.25) is 0 Å². The summed E-state index contributed by atoms with van der Waals surface area (Å²) in [5, 5.41) is 23.1. The molecule has 1 unspecified atom stereocenters. The Hall–Kier alpha value is -1.79. The lowest BCUT2D eigenvalue weighted by atomic mass is 9.58. The minimum Gasteiger partial charge on any atom is -0.504 e. The summed E-state index contributed by atoms with van der Waals surface area (Å²) in [5.74, 6) is 1.24. The highest BCUT2D eigenvalue weighted by Crippen LogP contribution is 2.70. The molecule has 1 aromatic rings. The topological polar surface area (TPSA) is 88.0 Å². The quantitative estimate of drug-likeness (QED) is 0.721. The Morgan fingerprint density at radius 2 is 2.18 bits per heavy atom. The van der Waals surface area contributed by atoms with Gasteiger partial charge in [0.2, 0.25) is 5.91 Å². The van der Waals surface area contributed by atoms with Gasteiger partial charge in [-0.25, -0.2) is 0 Å². The summed E-state index contributed by atoms with van der Waals surface area (Å²) < 4.78 is 11.5. The molecule has 1 aliphatic heterocycles. The fourth-order valence-electron chi connectivity index (χ4n) is 6.36. The number of phenolic OH excluding ortho intramolecular Hbond substituents is 1. The maximum atomic E-state index is 12.4. The molecule has 0 radical (unpaired) electrons. The van der Waals surface area contributed by atoms with E-state index in [4.69, 9.17) is 14.6 Å². The summed E-state index contributed by atoms with van der Waals surface area (Å²) >= 11 is 0. The van der Waals surface area contributed by atoms with Gasteiger partial charge < -0.3 is 25.0 Å². The lowest BCUT2D eigenvalue weighted by molar-refractivity contribution is -0.138. The van der Waals surface area contributed by atoms with Crippen molar-refractivity contribution < 1.29 is 24.5 Å². The molecule has 1 spiro atoms. The molecule has 1 saturated heterocycles. The second-order valence-electron chi connectivity index (χ2n) is 9.21. The van der Waals surface area contributed by atoms with Crippen molar-refractivity contribution >= 4 is 5.91 Å². The van der Waals surface area contributed by atoms with E-state index in [2.05, 4.69) is 19.2 Å². The van der Waals surface area contributed by atoms with Crippen LogP contribution in [0.5, 0.6) is 11.5 Å². The van der Waals surface area contributed by atoms with Gasteiger partial charge >= 0.3 is 0 Å². The number of amides is 1. The number of aliphatic hydroxyl groups excluding tert-OH is 1. The predicted octanol–water partition coefficient (Wildman–Crippen LogP) is 2.78. The lowest BCUT2D eigenvalue weighted by Crippen LogP contribution is -2.59. The zero-order valence-electron chi connectivity index (χ0n) is 16.9. The molecule has 2 aliphatic carbocycles. The molecule has 154 valence electrons. The molecule has 4 rings (SSSR count). The first-order valence-corrected chi connectivity index (χ1v) is 10.2. The van der Waals surface area contributed by atoms with Crippen LogP contribution in [0.25, 0.3) is 0 Å². The van der Waals surface area contributed by atoms with E-state index in [-0.39, 0.29) is 53.6 Å². The molecule has 1 heterocycles. The Kier molecular flexibility index (Phi) is 4.82. The van der Waals surface area contributed by atoms with Crippen molar-refractivity contribution in [3.8, 4) is 11.5 Å². The van der Waals surface area contributed by atoms with Crippen LogP contribution in [0, 0.1) is 22.7 Å². The van der Waals surface area contributed by atoms with Crippen molar-refractivity contribution in [2.24, 2.45) is 22.7 Å². The first-order valence-electron chi connectivity index (χ1n) is 10.2. The van der Waals surface area contributed by atoms with Crippen LogP contribution in [-0.2, 0) is 9.53 Å². The largest absolute Gasteiger partial charge is 0.504 e. The Balaban J connectivity index is 1.69. The van der Waals surface area contributed by atoms with Gasteiger partial charge in [0.15, 0.2) is 11.5 Å². The number of phenols is 1. The van der Waals surface area contributed by atoms with Crippen molar-refractivity contribution in [1.82, 2.24) is 5.32 Å². The molecular formula is C22H31NO5. The molecule has 6 heteroatoms. The number of para-hydroxylation sites is 1. The summed E-state index contributed by atoms with van der Waals surface area (Å²) in [4.78, 5) is 12.4. The van der Waals surface area contributed by atoms with Crippen molar-refractivity contribution in [3.05, 3.63) is 23.8 Å². The van der Waals surface area contributed by atoms with Crippen LogP contribution in [0.15, 0.2) is 18.2 Å². The highest BCUT2D eigenvalue weighted by atomic mass is 16.5. The summed E-state index contributed by atoms with van der Waals surface area (Å²) in [6.07, 6.45) is 2.93. The molecule has 1 aromatic carbocycles. The van der Waals surface area contributed by atoms with E-state index in [0.29, 0.717) is 18.3 Å². The fourth-order valence-corrected chi connectivity index (χ4v) is 6.36. The smallest absolute Gasteiger partial charge is 0.222 e. The minimum absolute atomic E-state index is 0.0000712. The van der Waals surface area contributed by atoms with Crippen molar-refractivity contribution in [1.29, 1.82) is 0 Å². The summed E-state index contributed by atoms with van der Waals surface area (Å²) in [7, 11) is 1.55. The standard InChI is InChI=1S/C22H31NO5/c1-21(2)13-11-15-19(14-5-4-6-16(27-3)18(14)26)28-10-8-22(15,12-13)20(21)23-17(25)7-9-24/h4-6,13,15,19-20,24,26H,7-12H2,1-3H3,(H,23,25)/t13-,15-,19-,20-,22?/m1/s1. The molecule has 0 aromatic heterocycles. The Morgan fingerprint density at radius 3 is 2.89 bits per heavy atom. The van der Waals surface area contributed by atoms with Crippen LogP contribution < -0.4 is 10.1 Å². The first-order chi connectivity index (χ1) is 13.3. The van der Waals surface area contributed by atoms with Crippen LogP contribution >= 0.6 is 0 Å². The van der Waals surface area contributed by atoms with E-state index in [1.807, 2.05) is 12.1 Å². The number of hydrogen-bond donors (Lipinski definition) is 3. The number of hydrogen-bond acceptors (Lipinski definition) is 5. The third kappa shape index (κ3) is 2.72. The molecule has 2 saturated carbocycles. The van der Waals surface area contributed by atoms with E-state index in [9.17, 15) is 9.90 Å². The zero-order valence-corrected chi connectivity index (χ0v) is 16.9. The average Bonchev–Trinajstić information content (AvgIpc) is 3.15. The number of nitrogens with one attached hydrogen (secondary N) is 1. The Morgan fingerprint density at radius 1 is 1.39 bits per heavy atom. The van der Waals surface area contributed by atoms with Crippen LogP contribution in [0.4, 0.5) is 0 Å². The van der Waals surface area contributed by atoms with Crippen LogP contribution in [-0.4, -0.2) is 42.5 Å². The lowest BCUT2D eigenvalue weighted by Gasteiger charge is -2.53. The third-order valence-corrected chi connectivity index (χ3v) is 7.71. The van der Waals surface area contributed by atoms with E-state index >= 15 is 0 Å². The van der Waals surface area contributed by atoms with E-state index in [1.165, 1.54) is 0 Å². The van der Waals surface area contributed by atoms with Gasteiger partial charge in [0.05, 0.1) is 19.8 Å². The van der Waals surface area contributed by atoms with Crippen LogP contribution in [0.1, 0.15) is 51.2 Å². The zero-order chi connectivity index (χ0) is 20.1. The number of rotatable bonds is 5. The van der Waals surface area contributed by atoms with Gasteiger partial charge in [0.25, 0.3) is 0 Å². The van der Waals surface area contributed by atoms with E-state index in [0.717, 1.165) is 24.8 Å². The second-order valence-corrected chi connectivity index (χ2v) is 9.21. The summed E-state index contributed by atoms with van der Waals surface area (Å²) in [6.45, 7) is 4.97. The SMILES string of the molecule is COc1cccc([C@H]2OCCC34C[C@@H](C[C@H]23)C(C)(C)[C@H]4NC(=O)CCO)c1O. The molecule has 3 fully saturated rings. The number of aromatic hydroxyl groups is 1. The number of aliphatic hydroxyl groups is 1. The van der Waals surface area contributed by atoms with Gasteiger partial charge in [-0.05, 0) is 48.0 Å². The van der Waals surface area contributed by atoms with Gasteiger partial charge in [-0.2, -0.15) is 0 Å². The summed E-state index contributed by atoms with van der Waals surface area (Å²) in [5.41, 5.74) is 0.728. The maximum Gasteiger partial charge on any atom is 0.222 e. The number of carbonyl (C=O) groups is 1.